The van der Waals surface area contributed by atoms with Crippen LogP contribution in [0, 0.1) is 0 Å². The molecular weight excluding hydrogens is 166 g/mol. The molecule has 1 aromatic heterocycles. The van der Waals surface area contributed by atoms with Crippen LogP contribution in [0.25, 0.3) is 11.1 Å². The van der Waals surface area contributed by atoms with Crippen molar-refractivity contribution in [3.63, 3.8) is 0 Å². The van der Waals surface area contributed by atoms with Gasteiger partial charge in [-0.1, -0.05) is 6.07 Å². The van der Waals surface area contributed by atoms with E-state index >= 15 is 0 Å². The highest BCUT2D eigenvalue weighted by Gasteiger charge is 2.42. The van der Waals surface area contributed by atoms with Crippen LogP contribution in [0.2, 0.25) is 0 Å². The molecular formula is C10H9NO2. The van der Waals surface area contributed by atoms with E-state index in [1.165, 1.54) is 6.39 Å². The molecule has 0 saturated heterocycles. The standard InChI is InChI=1S/C10H9NO2/c12-10(3-4-10)7-1-2-9-8(5-7)11-6-13-9/h1-2,5-6,12H,3-4H2. The van der Waals surface area contributed by atoms with Crippen LogP contribution in [0.4, 0.5) is 0 Å². The summed E-state index contributed by atoms with van der Waals surface area (Å²) >= 11 is 0. The van der Waals surface area contributed by atoms with Crippen molar-refractivity contribution in [2.45, 2.75) is 18.4 Å². The Balaban J connectivity index is 2.20. The molecule has 1 heterocycles. The number of aliphatic hydroxyl groups is 1. The Hall–Kier alpha value is -1.35. The van der Waals surface area contributed by atoms with Gasteiger partial charge in [0.05, 0.1) is 5.60 Å². The molecule has 1 aromatic carbocycles. The Kier molecular flexibility index (Phi) is 1.15. The average molecular weight is 175 g/mol. The Morgan fingerprint density at radius 1 is 1.38 bits per heavy atom. The molecule has 3 nitrogen and oxygen atoms in total. The van der Waals surface area contributed by atoms with Crippen molar-refractivity contribution >= 4 is 11.1 Å². The first-order chi connectivity index (χ1) is 6.28. The summed E-state index contributed by atoms with van der Waals surface area (Å²) in [5, 5.41) is 9.84. The minimum atomic E-state index is -0.576. The largest absolute Gasteiger partial charge is 0.443 e. The Bertz CT molecular complexity index is 457. The maximum atomic E-state index is 9.84. The summed E-state index contributed by atoms with van der Waals surface area (Å²) in [6.45, 7) is 0. The van der Waals surface area contributed by atoms with Crippen molar-refractivity contribution in [2.75, 3.05) is 0 Å². The molecule has 2 aromatic rings. The summed E-state index contributed by atoms with van der Waals surface area (Å²) in [5.41, 5.74) is 1.97. The summed E-state index contributed by atoms with van der Waals surface area (Å²) in [6.07, 6.45) is 3.14. The molecule has 13 heavy (non-hydrogen) atoms. The summed E-state index contributed by atoms with van der Waals surface area (Å²) in [7, 11) is 0. The van der Waals surface area contributed by atoms with Crippen LogP contribution in [0.3, 0.4) is 0 Å². The molecule has 66 valence electrons. The normalized spacial score (nSPS) is 19.2. The van der Waals surface area contributed by atoms with Gasteiger partial charge in [-0.05, 0) is 30.5 Å². The van der Waals surface area contributed by atoms with E-state index in [4.69, 9.17) is 4.42 Å². The molecule has 0 unspecified atom stereocenters. The van der Waals surface area contributed by atoms with Crippen molar-refractivity contribution in [1.82, 2.24) is 4.98 Å². The van der Waals surface area contributed by atoms with E-state index in [0.29, 0.717) is 0 Å². The summed E-state index contributed by atoms with van der Waals surface area (Å²) < 4.78 is 5.11. The summed E-state index contributed by atoms with van der Waals surface area (Å²) in [5.74, 6) is 0. The highest BCUT2D eigenvalue weighted by Crippen LogP contribution is 2.45. The molecule has 1 aliphatic carbocycles. The zero-order valence-electron chi connectivity index (χ0n) is 7.03. The number of oxazole rings is 1. The van der Waals surface area contributed by atoms with Crippen LogP contribution in [0.5, 0.6) is 0 Å². The van der Waals surface area contributed by atoms with E-state index in [1.54, 1.807) is 0 Å². The number of hydrogen-bond donors (Lipinski definition) is 1. The zero-order valence-corrected chi connectivity index (χ0v) is 7.03. The molecule has 0 radical (unpaired) electrons. The maximum absolute atomic E-state index is 9.84. The molecule has 0 aliphatic heterocycles. The van der Waals surface area contributed by atoms with E-state index in [0.717, 1.165) is 29.5 Å². The van der Waals surface area contributed by atoms with E-state index in [9.17, 15) is 5.11 Å². The fourth-order valence-corrected chi connectivity index (χ4v) is 1.55. The van der Waals surface area contributed by atoms with E-state index < -0.39 is 5.60 Å². The molecule has 0 bridgehead atoms. The SMILES string of the molecule is OC1(c2ccc3ocnc3c2)CC1. The van der Waals surface area contributed by atoms with Crippen molar-refractivity contribution in [1.29, 1.82) is 0 Å². The lowest BCUT2D eigenvalue weighted by molar-refractivity contribution is 0.151. The molecule has 1 N–H and O–H groups in total. The van der Waals surface area contributed by atoms with Crippen LogP contribution < -0.4 is 0 Å². The molecule has 0 spiro atoms. The number of rotatable bonds is 1. The first kappa shape index (κ1) is 7.09. The first-order valence-corrected chi connectivity index (χ1v) is 4.34. The molecule has 1 aliphatic rings. The zero-order chi connectivity index (χ0) is 8.89. The van der Waals surface area contributed by atoms with Gasteiger partial charge in [0.25, 0.3) is 0 Å². The van der Waals surface area contributed by atoms with Gasteiger partial charge >= 0.3 is 0 Å². The summed E-state index contributed by atoms with van der Waals surface area (Å²) in [6, 6.07) is 5.65. The van der Waals surface area contributed by atoms with E-state index in [-0.39, 0.29) is 0 Å². The third kappa shape index (κ3) is 0.971. The van der Waals surface area contributed by atoms with Gasteiger partial charge in [0.2, 0.25) is 0 Å². The number of fused-ring (bicyclic) bond motifs is 1. The summed E-state index contributed by atoms with van der Waals surface area (Å²) in [4.78, 5) is 4.04. The van der Waals surface area contributed by atoms with Crippen LogP contribution in [0.1, 0.15) is 18.4 Å². The number of benzene rings is 1. The average Bonchev–Trinajstić information content (AvgIpc) is 2.74. The van der Waals surface area contributed by atoms with Crippen LogP contribution in [0.15, 0.2) is 29.0 Å². The third-order valence-electron chi connectivity index (χ3n) is 2.59. The molecule has 1 fully saturated rings. The van der Waals surface area contributed by atoms with Gasteiger partial charge < -0.3 is 9.52 Å². The molecule has 3 heteroatoms. The second-order valence-electron chi connectivity index (χ2n) is 3.57. The van der Waals surface area contributed by atoms with E-state index in [2.05, 4.69) is 4.98 Å². The number of nitrogens with zero attached hydrogens (tertiary/aromatic N) is 1. The van der Waals surface area contributed by atoms with Gasteiger partial charge in [-0.15, -0.1) is 0 Å². The number of aromatic nitrogens is 1. The maximum Gasteiger partial charge on any atom is 0.181 e. The Morgan fingerprint density at radius 2 is 2.23 bits per heavy atom. The molecule has 3 rings (SSSR count). The minimum absolute atomic E-state index is 0.576. The smallest absolute Gasteiger partial charge is 0.181 e. The van der Waals surface area contributed by atoms with Gasteiger partial charge in [-0.3, -0.25) is 0 Å². The molecule has 0 atom stereocenters. The van der Waals surface area contributed by atoms with Crippen molar-refractivity contribution in [3.8, 4) is 0 Å². The third-order valence-corrected chi connectivity index (χ3v) is 2.59. The topological polar surface area (TPSA) is 46.3 Å². The predicted molar refractivity (Wildman–Crippen MR) is 47.1 cm³/mol. The van der Waals surface area contributed by atoms with Gasteiger partial charge in [0.15, 0.2) is 12.0 Å². The van der Waals surface area contributed by atoms with Crippen LogP contribution >= 0.6 is 0 Å². The first-order valence-electron chi connectivity index (χ1n) is 4.34. The van der Waals surface area contributed by atoms with Gasteiger partial charge in [0.1, 0.15) is 5.52 Å². The lowest BCUT2D eigenvalue weighted by Crippen LogP contribution is -2.03. The van der Waals surface area contributed by atoms with Crippen molar-refractivity contribution in [3.05, 3.63) is 30.2 Å². The lowest BCUT2D eigenvalue weighted by Gasteiger charge is -2.06. The fraction of sp³-hybridized carbons (Fsp3) is 0.300. The van der Waals surface area contributed by atoms with E-state index in [1.807, 2.05) is 18.2 Å². The highest BCUT2D eigenvalue weighted by atomic mass is 16.3. The Labute approximate surface area is 75.0 Å². The van der Waals surface area contributed by atoms with Gasteiger partial charge in [0, 0.05) is 0 Å². The van der Waals surface area contributed by atoms with Crippen molar-refractivity contribution < 1.29 is 9.52 Å². The quantitative estimate of drug-likeness (QED) is 0.718. The molecule has 1 saturated carbocycles. The van der Waals surface area contributed by atoms with Crippen molar-refractivity contribution in [2.24, 2.45) is 0 Å². The lowest BCUT2D eigenvalue weighted by atomic mass is 10.1. The minimum Gasteiger partial charge on any atom is -0.443 e. The monoisotopic (exact) mass is 175 g/mol. The van der Waals surface area contributed by atoms with Gasteiger partial charge in [-0.2, -0.15) is 0 Å². The predicted octanol–water partition coefficient (Wildman–Crippen LogP) is 1.81. The Morgan fingerprint density at radius 3 is 3.00 bits per heavy atom. The van der Waals surface area contributed by atoms with Crippen LogP contribution in [-0.4, -0.2) is 10.1 Å². The second-order valence-corrected chi connectivity index (χ2v) is 3.57. The second kappa shape index (κ2) is 2.12. The van der Waals surface area contributed by atoms with Gasteiger partial charge in [-0.25, -0.2) is 4.98 Å². The molecule has 0 amide bonds. The highest BCUT2D eigenvalue weighted by molar-refractivity contribution is 5.73. The fourth-order valence-electron chi connectivity index (χ4n) is 1.55. The van der Waals surface area contributed by atoms with Crippen LogP contribution in [-0.2, 0) is 5.60 Å². The number of hydrogen-bond acceptors (Lipinski definition) is 3.